The molecule has 0 radical (unpaired) electrons. The summed E-state index contributed by atoms with van der Waals surface area (Å²) in [5.74, 6) is 0. The first-order valence-electron chi connectivity index (χ1n) is 6.54. The van der Waals surface area contributed by atoms with Gasteiger partial charge in [0, 0.05) is 19.7 Å². The Balaban J connectivity index is 2.15. The summed E-state index contributed by atoms with van der Waals surface area (Å²) in [6.07, 6.45) is 4.64. The van der Waals surface area contributed by atoms with E-state index in [1.54, 1.807) is 0 Å². The van der Waals surface area contributed by atoms with Gasteiger partial charge in [-0.25, -0.2) is 0 Å². The third kappa shape index (κ3) is 4.81. The smallest absolute Gasteiger partial charge is 0.0431 e. The average molecular weight is 228 g/mol. The van der Waals surface area contributed by atoms with Crippen molar-refractivity contribution in [3.63, 3.8) is 0 Å². The Labute approximate surface area is 100 Å². The van der Waals surface area contributed by atoms with E-state index in [2.05, 4.69) is 30.8 Å². The van der Waals surface area contributed by atoms with Crippen molar-refractivity contribution in [1.82, 2.24) is 9.80 Å². The number of hydrogen-bond acceptors (Lipinski definition) is 3. The predicted molar refractivity (Wildman–Crippen MR) is 68.7 cm³/mol. The molecule has 3 nitrogen and oxygen atoms in total. The summed E-state index contributed by atoms with van der Waals surface area (Å²) < 4.78 is 0. The summed E-state index contributed by atoms with van der Waals surface area (Å²) in [4.78, 5) is 4.89. The van der Waals surface area contributed by atoms with Gasteiger partial charge >= 0.3 is 0 Å². The van der Waals surface area contributed by atoms with Crippen molar-refractivity contribution in [3.8, 4) is 0 Å². The number of likely N-dealkylation sites (tertiary alicyclic amines) is 1. The molecule has 3 heteroatoms. The molecule has 1 unspecified atom stereocenters. The van der Waals surface area contributed by atoms with Gasteiger partial charge < -0.3 is 14.9 Å². The number of rotatable bonds is 7. The van der Waals surface area contributed by atoms with Crippen LogP contribution >= 0.6 is 0 Å². The fourth-order valence-corrected chi connectivity index (χ4v) is 2.80. The highest BCUT2D eigenvalue weighted by Gasteiger charge is 2.32. The van der Waals surface area contributed by atoms with Crippen LogP contribution in [0, 0.1) is 5.41 Å². The third-order valence-corrected chi connectivity index (χ3v) is 3.60. The number of unbranched alkanes of at least 4 members (excludes halogenated alkanes) is 2. The van der Waals surface area contributed by atoms with E-state index >= 15 is 0 Å². The first-order valence-corrected chi connectivity index (χ1v) is 6.54. The second kappa shape index (κ2) is 6.58. The van der Waals surface area contributed by atoms with Crippen LogP contribution in [0.5, 0.6) is 0 Å². The van der Waals surface area contributed by atoms with Crippen molar-refractivity contribution in [2.24, 2.45) is 5.41 Å². The Kier molecular flexibility index (Phi) is 5.73. The highest BCUT2D eigenvalue weighted by molar-refractivity contribution is 4.86. The molecule has 1 saturated heterocycles. The molecule has 1 fully saturated rings. The monoisotopic (exact) mass is 228 g/mol. The molecular weight excluding hydrogens is 200 g/mol. The molecule has 1 atom stereocenters. The van der Waals surface area contributed by atoms with Gasteiger partial charge in [-0.15, -0.1) is 0 Å². The lowest BCUT2D eigenvalue weighted by Gasteiger charge is -2.29. The maximum atomic E-state index is 8.71. The molecule has 96 valence electrons. The summed E-state index contributed by atoms with van der Waals surface area (Å²) >= 11 is 0. The highest BCUT2D eigenvalue weighted by atomic mass is 16.2. The highest BCUT2D eigenvalue weighted by Crippen LogP contribution is 2.29. The number of nitrogens with zero attached hydrogens (tertiary/aromatic N) is 2. The Bertz CT molecular complexity index is 198. The molecular formula is C13H28N2O. The van der Waals surface area contributed by atoms with Crippen LogP contribution in [0.2, 0.25) is 0 Å². The van der Waals surface area contributed by atoms with Gasteiger partial charge in [0.1, 0.15) is 0 Å². The third-order valence-electron chi connectivity index (χ3n) is 3.60. The summed E-state index contributed by atoms with van der Waals surface area (Å²) in [6.45, 7) is 7.59. The molecule has 0 aliphatic carbocycles. The second-order valence-corrected chi connectivity index (χ2v) is 5.82. The zero-order valence-corrected chi connectivity index (χ0v) is 11.2. The van der Waals surface area contributed by atoms with Crippen molar-refractivity contribution in [3.05, 3.63) is 0 Å². The van der Waals surface area contributed by atoms with Crippen molar-refractivity contribution in [1.29, 1.82) is 0 Å². The number of aliphatic hydroxyl groups is 1. The van der Waals surface area contributed by atoms with E-state index in [9.17, 15) is 0 Å². The van der Waals surface area contributed by atoms with E-state index in [-0.39, 0.29) is 0 Å². The lowest BCUT2D eigenvalue weighted by Crippen LogP contribution is -2.35. The molecule has 0 saturated carbocycles. The first-order chi connectivity index (χ1) is 7.56. The molecule has 0 spiro atoms. The van der Waals surface area contributed by atoms with E-state index in [1.165, 1.54) is 39.0 Å². The fraction of sp³-hybridized carbons (Fsp3) is 1.00. The normalized spacial score (nSPS) is 26.8. The van der Waals surface area contributed by atoms with Gasteiger partial charge in [0.2, 0.25) is 0 Å². The molecule has 0 amide bonds. The van der Waals surface area contributed by atoms with Gasteiger partial charge in [-0.05, 0) is 58.3 Å². The van der Waals surface area contributed by atoms with Crippen LogP contribution in [0.4, 0.5) is 0 Å². The Hall–Kier alpha value is -0.120. The van der Waals surface area contributed by atoms with Gasteiger partial charge in [0.15, 0.2) is 0 Å². The summed E-state index contributed by atoms with van der Waals surface area (Å²) in [5.41, 5.74) is 0.487. The first kappa shape index (κ1) is 13.9. The van der Waals surface area contributed by atoms with Crippen molar-refractivity contribution in [2.45, 2.75) is 32.6 Å². The quantitative estimate of drug-likeness (QED) is 0.668. The van der Waals surface area contributed by atoms with E-state index in [1.807, 2.05) is 0 Å². The van der Waals surface area contributed by atoms with Gasteiger partial charge in [-0.3, -0.25) is 0 Å². The van der Waals surface area contributed by atoms with Gasteiger partial charge in [-0.1, -0.05) is 6.92 Å². The molecule has 0 bridgehead atoms. The standard InChI is InChI=1S/C13H28N2O/c1-13(7-9-15(3)12-13)11-14(2)8-5-4-6-10-16/h16H,4-12H2,1-3H3. The van der Waals surface area contributed by atoms with Gasteiger partial charge in [0.25, 0.3) is 0 Å². The zero-order valence-electron chi connectivity index (χ0n) is 11.2. The van der Waals surface area contributed by atoms with Crippen molar-refractivity contribution < 1.29 is 5.11 Å². The van der Waals surface area contributed by atoms with E-state index in [0.29, 0.717) is 12.0 Å². The second-order valence-electron chi connectivity index (χ2n) is 5.82. The lowest BCUT2D eigenvalue weighted by molar-refractivity contribution is 0.191. The van der Waals surface area contributed by atoms with Gasteiger partial charge in [-0.2, -0.15) is 0 Å². The number of hydrogen-bond donors (Lipinski definition) is 1. The van der Waals surface area contributed by atoms with Crippen LogP contribution in [0.25, 0.3) is 0 Å². The lowest BCUT2D eigenvalue weighted by atomic mass is 9.89. The molecule has 1 rings (SSSR count). The molecule has 0 aromatic heterocycles. The van der Waals surface area contributed by atoms with Crippen LogP contribution < -0.4 is 0 Å². The fourth-order valence-electron chi connectivity index (χ4n) is 2.80. The Morgan fingerprint density at radius 3 is 2.62 bits per heavy atom. The van der Waals surface area contributed by atoms with Crippen LogP contribution in [0.15, 0.2) is 0 Å². The van der Waals surface area contributed by atoms with Crippen molar-refractivity contribution >= 4 is 0 Å². The molecule has 1 heterocycles. The largest absolute Gasteiger partial charge is 0.396 e. The molecule has 1 N–H and O–H groups in total. The van der Waals surface area contributed by atoms with E-state index in [4.69, 9.17) is 5.11 Å². The zero-order chi connectivity index (χ0) is 12.0. The topological polar surface area (TPSA) is 26.7 Å². The summed E-state index contributed by atoms with van der Waals surface area (Å²) in [6, 6.07) is 0. The maximum absolute atomic E-state index is 8.71. The Morgan fingerprint density at radius 1 is 1.31 bits per heavy atom. The van der Waals surface area contributed by atoms with E-state index in [0.717, 1.165) is 12.8 Å². The molecule has 1 aliphatic heterocycles. The maximum Gasteiger partial charge on any atom is 0.0431 e. The summed E-state index contributed by atoms with van der Waals surface area (Å²) in [5, 5.41) is 8.71. The van der Waals surface area contributed by atoms with Crippen LogP contribution in [0.1, 0.15) is 32.6 Å². The Morgan fingerprint density at radius 2 is 2.06 bits per heavy atom. The minimum atomic E-state index is 0.340. The molecule has 16 heavy (non-hydrogen) atoms. The van der Waals surface area contributed by atoms with Crippen LogP contribution in [-0.2, 0) is 0 Å². The average Bonchev–Trinajstić information content (AvgIpc) is 2.53. The molecule has 1 aliphatic rings. The van der Waals surface area contributed by atoms with Crippen LogP contribution in [0.3, 0.4) is 0 Å². The van der Waals surface area contributed by atoms with Gasteiger partial charge in [0.05, 0.1) is 0 Å². The number of aliphatic hydroxyl groups excluding tert-OH is 1. The minimum Gasteiger partial charge on any atom is -0.396 e. The molecule has 0 aromatic rings. The van der Waals surface area contributed by atoms with E-state index < -0.39 is 0 Å². The van der Waals surface area contributed by atoms with Crippen LogP contribution in [-0.4, -0.2) is 61.8 Å². The SMILES string of the molecule is CN(CCCCCO)CC1(C)CCN(C)C1. The van der Waals surface area contributed by atoms with Crippen molar-refractivity contribution in [2.75, 3.05) is 46.9 Å². The predicted octanol–water partition coefficient (Wildman–Crippen LogP) is 1.42. The minimum absolute atomic E-state index is 0.340. The molecule has 0 aromatic carbocycles. The summed E-state index contributed by atoms with van der Waals surface area (Å²) in [7, 11) is 4.44.